The van der Waals surface area contributed by atoms with Crippen molar-refractivity contribution in [2.24, 2.45) is 0 Å². The van der Waals surface area contributed by atoms with E-state index < -0.39 is 26.5 Å². The van der Waals surface area contributed by atoms with Crippen molar-refractivity contribution in [3.05, 3.63) is 45.8 Å². The molecule has 110 valence electrons. The van der Waals surface area contributed by atoms with Gasteiger partial charge in [-0.05, 0) is 25.5 Å². The number of hydrogen-bond donors (Lipinski definition) is 0. The summed E-state index contributed by atoms with van der Waals surface area (Å²) in [4.78, 5) is 9.71. The van der Waals surface area contributed by atoms with E-state index in [1.165, 1.54) is 27.0 Å². The second kappa shape index (κ2) is 5.68. The molecule has 1 aromatic carbocycles. The lowest BCUT2D eigenvalue weighted by Gasteiger charge is -2.18. The number of sulfonamides is 1. The maximum atomic E-state index is 13.6. The molecule has 0 atom stereocenters. The van der Waals surface area contributed by atoms with Crippen molar-refractivity contribution in [1.82, 2.24) is 4.31 Å². The Morgan fingerprint density at radius 1 is 1.50 bits per heavy atom. The van der Waals surface area contributed by atoms with Crippen LogP contribution in [0.15, 0.2) is 23.6 Å². The number of likely N-dealkylation sites (N-methyl/N-ethyl adjacent to an activating group) is 1. The summed E-state index contributed by atoms with van der Waals surface area (Å²) in [5.74, 6) is -1.05. The molecule has 0 saturated carbocycles. The lowest BCUT2D eigenvalue weighted by Crippen LogP contribution is -2.28. The first-order valence-corrected chi connectivity index (χ1v) is 7.10. The molecule has 0 amide bonds. The summed E-state index contributed by atoms with van der Waals surface area (Å²) in [6, 6.07) is 0.861. The van der Waals surface area contributed by atoms with Gasteiger partial charge in [0, 0.05) is 13.6 Å². The van der Waals surface area contributed by atoms with Crippen LogP contribution in [-0.2, 0) is 10.0 Å². The minimum Gasteiger partial charge on any atom is -0.258 e. The summed E-state index contributed by atoms with van der Waals surface area (Å²) in [7, 11) is -2.62. The van der Waals surface area contributed by atoms with Crippen LogP contribution in [0, 0.1) is 29.8 Å². The molecule has 0 radical (unpaired) electrons. The van der Waals surface area contributed by atoms with Gasteiger partial charge in [0.05, 0.1) is 15.4 Å². The topological polar surface area (TPSA) is 80.5 Å². The third-order valence-electron chi connectivity index (χ3n) is 2.86. The van der Waals surface area contributed by atoms with Crippen molar-refractivity contribution in [2.75, 3.05) is 13.6 Å². The molecule has 0 aliphatic rings. The van der Waals surface area contributed by atoms with E-state index in [9.17, 15) is 22.9 Å². The van der Waals surface area contributed by atoms with Crippen molar-refractivity contribution in [3.8, 4) is 0 Å². The van der Waals surface area contributed by atoms with Gasteiger partial charge >= 0.3 is 5.69 Å². The summed E-state index contributed by atoms with van der Waals surface area (Å²) in [5.41, 5.74) is -0.897. The van der Waals surface area contributed by atoms with Crippen LogP contribution in [0.25, 0.3) is 0 Å². The number of hydrogen-bond acceptors (Lipinski definition) is 4. The number of halogens is 1. The van der Waals surface area contributed by atoms with Crippen molar-refractivity contribution in [2.45, 2.75) is 18.7 Å². The predicted molar refractivity (Wildman–Crippen MR) is 72.5 cm³/mol. The van der Waals surface area contributed by atoms with Crippen molar-refractivity contribution < 1.29 is 17.7 Å². The first-order valence-electron chi connectivity index (χ1n) is 5.66. The zero-order valence-electron chi connectivity index (χ0n) is 11.4. The second-order valence-corrected chi connectivity index (χ2v) is 6.29. The Bertz CT molecular complexity index is 671. The molecule has 0 aliphatic heterocycles. The summed E-state index contributed by atoms with van der Waals surface area (Å²) in [6.07, 6.45) is 1.39. The van der Waals surface area contributed by atoms with Gasteiger partial charge in [0.1, 0.15) is 0 Å². The van der Waals surface area contributed by atoms with Crippen molar-refractivity contribution >= 4 is 15.7 Å². The number of nitrogens with zero attached hydrogens (tertiary/aromatic N) is 2. The van der Waals surface area contributed by atoms with Gasteiger partial charge in [-0.2, -0.15) is 8.70 Å². The Hall–Kier alpha value is -1.80. The fraction of sp³-hybridized carbons (Fsp3) is 0.333. The van der Waals surface area contributed by atoms with E-state index in [0.717, 1.165) is 10.4 Å². The van der Waals surface area contributed by atoms with E-state index in [4.69, 9.17) is 0 Å². The number of benzene rings is 1. The Balaban J connectivity index is 3.66. The van der Waals surface area contributed by atoms with Crippen LogP contribution in [-0.4, -0.2) is 31.2 Å². The van der Waals surface area contributed by atoms with E-state index in [1.807, 2.05) is 0 Å². The van der Waals surface area contributed by atoms with Crippen LogP contribution < -0.4 is 0 Å². The minimum absolute atomic E-state index is 0.0480. The summed E-state index contributed by atoms with van der Waals surface area (Å²) in [5, 5.41) is 10.9. The van der Waals surface area contributed by atoms with Gasteiger partial charge in [0.15, 0.2) is 0 Å². The van der Waals surface area contributed by atoms with Crippen molar-refractivity contribution in [1.29, 1.82) is 0 Å². The highest BCUT2D eigenvalue weighted by Gasteiger charge is 2.31. The average Bonchev–Trinajstić information content (AvgIpc) is 2.26. The third-order valence-corrected chi connectivity index (χ3v) is 4.97. The molecule has 0 aromatic heterocycles. The standard InChI is InChI=1S/C12H15FN2O4S/c1-5-6-14(4)20(18,19)12-8(2)7-10(13)11(9(12)3)15(16)17/h5,7H,1,6H2,2-4H3. The molecule has 0 spiro atoms. The smallest absolute Gasteiger partial charge is 0.258 e. The molecule has 20 heavy (non-hydrogen) atoms. The fourth-order valence-electron chi connectivity index (χ4n) is 1.96. The Morgan fingerprint density at radius 3 is 2.50 bits per heavy atom. The number of nitro groups is 1. The molecule has 1 aromatic rings. The van der Waals surface area contributed by atoms with Gasteiger partial charge < -0.3 is 0 Å². The predicted octanol–water partition coefficient (Wildman–Crippen LogP) is 2.16. The van der Waals surface area contributed by atoms with Crippen LogP contribution >= 0.6 is 0 Å². The lowest BCUT2D eigenvalue weighted by atomic mass is 10.1. The fourth-order valence-corrected chi connectivity index (χ4v) is 3.53. The number of rotatable bonds is 5. The SMILES string of the molecule is C=CCN(C)S(=O)(=O)c1c(C)cc(F)c([N+](=O)[O-])c1C. The maximum absolute atomic E-state index is 13.6. The Kier molecular flexibility index (Phi) is 4.61. The van der Waals surface area contributed by atoms with Crippen LogP contribution in [0.5, 0.6) is 0 Å². The lowest BCUT2D eigenvalue weighted by molar-refractivity contribution is -0.388. The molecule has 0 fully saturated rings. The van der Waals surface area contributed by atoms with Crippen LogP contribution in [0.1, 0.15) is 11.1 Å². The molecule has 6 nitrogen and oxygen atoms in total. The Morgan fingerprint density at radius 2 is 2.05 bits per heavy atom. The quantitative estimate of drug-likeness (QED) is 0.474. The van der Waals surface area contributed by atoms with Crippen LogP contribution in [0.3, 0.4) is 0 Å². The largest absolute Gasteiger partial charge is 0.309 e. The molecule has 1 rings (SSSR count). The highest BCUT2D eigenvalue weighted by atomic mass is 32.2. The molecule has 8 heteroatoms. The van der Waals surface area contributed by atoms with Gasteiger partial charge in [0.25, 0.3) is 0 Å². The molecule has 0 N–H and O–H groups in total. The Labute approximate surface area is 116 Å². The molecule has 0 bridgehead atoms. The summed E-state index contributed by atoms with van der Waals surface area (Å²) in [6.45, 7) is 6.11. The second-order valence-electron chi connectivity index (χ2n) is 4.31. The van der Waals surface area contributed by atoms with E-state index in [1.54, 1.807) is 0 Å². The van der Waals surface area contributed by atoms with Gasteiger partial charge in [-0.15, -0.1) is 6.58 Å². The third kappa shape index (κ3) is 2.70. The monoisotopic (exact) mass is 302 g/mol. The first kappa shape index (κ1) is 16.3. The average molecular weight is 302 g/mol. The van der Waals surface area contributed by atoms with E-state index >= 15 is 0 Å². The van der Waals surface area contributed by atoms with E-state index in [2.05, 4.69) is 6.58 Å². The number of nitro benzene ring substituents is 1. The summed E-state index contributed by atoms with van der Waals surface area (Å²) >= 11 is 0. The van der Waals surface area contributed by atoms with Gasteiger partial charge in [-0.1, -0.05) is 6.08 Å². The molecule has 0 saturated heterocycles. The van der Waals surface area contributed by atoms with Gasteiger partial charge in [-0.25, -0.2) is 8.42 Å². The molecule has 0 aliphatic carbocycles. The number of aryl methyl sites for hydroxylation is 1. The maximum Gasteiger partial charge on any atom is 0.309 e. The minimum atomic E-state index is -3.94. The highest BCUT2D eigenvalue weighted by Crippen LogP contribution is 2.32. The van der Waals surface area contributed by atoms with E-state index in [0.29, 0.717) is 0 Å². The molecule has 0 heterocycles. The van der Waals surface area contributed by atoms with Gasteiger partial charge in [-0.3, -0.25) is 10.1 Å². The van der Waals surface area contributed by atoms with Crippen LogP contribution in [0.4, 0.5) is 10.1 Å². The van der Waals surface area contributed by atoms with Crippen LogP contribution in [0.2, 0.25) is 0 Å². The molecular weight excluding hydrogens is 287 g/mol. The van der Waals surface area contributed by atoms with Gasteiger partial charge in [0.2, 0.25) is 15.8 Å². The molecular formula is C12H15FN2O4S. The zero-order chi connectivity index (χ0) is 15.7. The first-order chi connectivity index (χ1) is 9.14. The zero-order valence-corrected chi connectivity index (χ0v) is 12.2. The highest BCUT2D eigenvalue weighted by molar-refractivity contribution is 7.89. The summed E-state index contributed by atoms with van der Waals surface area (Å²) < 4.78 is 39.4. The van der Waals surface area contributed by atoms with E-state index in [-0.39, 0.29) is 22.6 Å². The molecule has 0 unspecified atom stereocenters. The van der Waals surface area contributed by atoms with Crippen molar-refractivity contribution in [3.63, 3.8) is 0 Å². The normalized spacial score (nSPS) is 11.7.